The van der Waals surface area contributed by atoms with E-state index in [1.54, 1.807) is 19.2 Å². The van der Waals surface area contributed by atoms with Gasteiger partial charge in [0, 0.05) is 39.2 Å². The van der Waals surface area contributed by atoms with Crippen molar-refractivity contribution >= 4 is 16.7 Å². The monoisotopic (exact) mass is 472 g/mol. The van der Waals surface area contributed by atoms with Crippen molar-refractivity contribution in [3.05, 3.63) is 64.1 Å². The number of pyridine rings is 2. The van der Waals surface area contributed by atoms with Crippen molar-refractivity contribution in [2.24, 2.45) is 7.05 Å². The van der Waals surface area contributed by atoms with Gasteiger partial charge in [0.1, 0.15) is 35.2 Å². The van der Waals surface area contributed by atoms with E-state index in [9.17, 15) is 23.2 Å². The Balaban J connectivity index is 1.60. The molecule has 1 fully saturated rings. The zero-order chi connectivity index (χ0) is 24.5. The molecule has 7 nitrogen and oxygen atoms in total. The second kappa shape index (κ2) is 9.35. The zero-order valence-corrected chi connectivity index (χ0v) is 18.7. The van der Waals surface area contributed by atoms with Crippen molar-refractivity contribution in [2.75, 3.05) is 24.6 Å². The smallest absolute Gasteiger partial charge is 0.416 e. The Hall–Kier alpha value is -3.58. The van der Waals surface area contributed by atoms with Crippen LogP contribution in [0.15, 0.2) is 47.3 Å². The van der Waals surface area contributed by atoms with Gasteiger partial charge >= 0.3 is 6.18 Å². The first-order chi connectivity index (χ1) is 16.2. The molecular formula is C24H23F3N4O3. The van der Waals surface area contributed by atoms with Crippen LogP contribution in [-0.4, -0.2) is 41.5 Å². The summed E-state index contributed by atoms with van der Waals surface area (Å²) in [6.45, 7) is 3.16. The van der Waals surface area contributed by atoms with Gasteiger partial charge in [-0.15, -0.1) is 0 Å². The zero-order valence-electron chi connectivity index (χ0n) is 18.7. The number of rotatable bonds is 5. The lowest BCUT2D eigenvalue weighted by Crippen LogP contribution is -2.50. The summed E-state index contributed by atoms with van der Waals surface area (Å²) in [5.74, 6) is 0.329. The molecule has 0 unspecified atom stereocenters. The maximum atomic E-state index is 12.8. The van der Waals surface area contributed by atoms with E-state index in [0.717, 1.165) is 12.1 Å². The molecule has 2 atom stereocenters. The van der Waals surface area contributed by atoms with Gasteiger partial charge in [0.2, 0.25) is 0 Å². The van der Waals surface area contributed by atoms with Crippen LogP contribution in [0, 0.1) is 11.3 Å². The quantitative estimate of drug-likeness (QED) is 0.561. The number of ether oxygens (including phenoxy) is 2. The minimum atomic E-state index is -4.41. The first-order valence-electron chi connectivity index (χ1n) is 10.8. The van der Waals surface area contributed by atoms with Crippen LogP contribution in [0.2, 0.25) is 0 Å². The number of halogens is 3. The second-order valence-electron chi connectivity index (χ2n) is 8.01. The topological polar surface area (TPSA) is 80.4 Å². The second-order valence-corrected chi connectivity index (χ2v) is 8.01. The summed E-state index contributed by atoms with van der Waals surface area (Å²) in [5.41, 5.74) is 1.06. The molecule has 2 aromatic heterocycles. The van der Waals surface area contributed by atoms with Gasteiger partial charge in [0.05, 0.1) is 16.8 Å². The molecule has 1 saturated heterocycles. The molecule has 0 amide bonds. The van der Waals surface area contributed by atoms with Crippen LogP contribution >= 0.6 is 0 Å². The van der Waals surface area contributed by atoms with Crippen molar-refractivity contribution < 1.29 is 22.6 Å². The molecule has 0 spiro atoms. The molecule has 3 aromatic rings. The molecule has 4 rings (SSSR count). The number of benzene rings is 1. The minimum absolute atomic E-state index is 0.204. The van der Waals surface area contributed by atoms with Crippen molar-refractivity contribution in [3.63, 3.8) is 0 Å². The summed E-state index contributed by atoms with van der Waals surface area (Å²) in [6, 6.07) is 11.4. The van der Waals surface area contributed by atoms with Gasteiger partial charge in [-0.1, -0.05) is 0 Å². The number of nitriles is 1. The number of aromatic nitrogens is 2. The predicted molar refractivity (Wildman–Crippen MR) is 120 cm³/mol. The Morgan fingerprint density at radius 3 is 2.56 bits per heavy atom. The lowest BCUT2D eigenvalue weighted by Gasteiger charge is -2.39. The number of hydrogen-bond acceptors (Lipinski definition) is 6. The predicted octanol–water partition coefficient (Wildman–Crippen LogP) is 3.89. The van der Waals surface area contributed by atoms with Crippen molar-refractivity contribution in [1.29, 1.82) is 5.26 Å². The lowest BCUT2D eigenvalue weighted by atomic mass is 10.0. The molecule has 0 N–H and O–H groups in total. The van der Waals surface area contributed by atoms with E-state index in [1.165, 1.54) is 22.8 Å². The molecule has 1 aliphatic rings. The summed E-state index contributed by atoms with van der Waals surface area (Å²) in [5, 5.41) is 9.28. The van der Waals surface area contributed by atoms with Gasteiger partial charge < -0.3 is 18.9 Å². The maximum absolute atomic E-state index is 12.8. The van der Waals surface area contributed by atoms with E-state index in [2.05, 4.69) is 4.98 Å². The van der Waals surface area contributed by atoms with Gasteiger partial charge in [0.25, 0.3) is 5.56 Å². The third-order valence-electron chi connectivity index (χ3n) is 5.87. The minimum Gasteiger partial charge on any atom is -0.488 e. The third kappa shape index (κ3) is 4.70. The first-order valence-corrected chi connectivity index (χ1v) is 10.8. The van der Waals surface area contributed by atoms with Crippen LogP contribution < -0.4 is 15.2 Å². The van der Waals surface area contributed by atoms with Crippen LogP contribution in [0.3, 0.4) is 0 Å². The Morgan fingerprint density at radius 1 is 1.18 bits per heavy atom. The van der Waals surface area contributed by atoms with Crippen LogP contribution in [0.1, 0.15) is 24.6 Å². The average molecular weight is 472 g/mol. The van der Waals surface area contributed by atoms with Gasteiger partial charge in [0.15, 0.2) is 0 Å². The van der Waals surface area contributed by atoms with Crippen LogP contribution in [-0.2, 0) is 18.0 Å². The van der Waals surface area contributed by atoms with E-state index in [0.29, 0.717) is 48.6 Å². The molecule has 178 valence electrons. The van der Waals surface area contributed by atoms with E-state index < -0.39 is 11.7 Å². The first kappa shape index (κ1) is 23.6. The van der Waals surface area contributed by atoms with Crippen LogP contribution in [0.25, 0.3) is 11.0 Å². The molecule has 0 radical (unpaired) electrons. The largest absolute Gasteiger partial charge is 0.488 e. The van der Waals surface area contributed by atoms with E-state index >= 15 is 0 Å². The van der Waals surface area contributed by atoms with E-state index in [4.69, 9.17) is 9.47 Å². The fraction of sp³-hybridized carbons (Fsp3) is 0.375. The normalized spacial score (nSPS) is 18.6. The van der Waals surface area contributed by atoms with Crippen molar-refractivity contribution in [1.82, 2.24) is 9.55 Å². The molecule has 10 heteroatoms. The Bertz CT molecular complexity index is 1280. The van der Waals surface area contributed by atoms with Crippen LogP contribution in [0.5, 0.6) is 5.75 Å². The number of hydrogen-bond donors (Lipinski definition) is 0. The highest BCUT2D eigenvalue weighted by atomic mass is 19.4. The molecule has 1 aliphatic heterocycles. The highest BCUT2D eigenvalue weighted by Gasteiger charge is 2.34. The van der Waals surface area contributed by atoms with E-state index in [1.807, 2.05) is 17.9 Å². The molecule has 0 saturated carbocycles. The SMILES string of the molecule is CCO[C@H]1CN(c2cc(=O)n(C)c3ccc(C#N)nc23)CC[C@@H]1Oc1ccc(C(F)(F)F)cc1. The summed E-state index contributed by atoms with van der Waals surface area (Å²) >= 11 is 0. The Kier molecular flexibility index (Phi) is 6.48. The highest BCUT2D eigenvalue weighted by Crippen LogP contribution is 2.32. The number of fused-ring (bicyclic) bond motifs is 1. The molecule has 1 aromatic carbocycles. The maximum Gasteiger partial charge on any atom is 0.416 e. The summed E-state index contributed by atoms with van der Waals surface area (Å²) < 4.78 is 51.9. The van der Waals surface area contributed by atoms with Gasteiger partial charge in [-0.2, -0.15) is 18.4 Å². The van der Waals surface area contributed by atoms with Crippen molar-refractivity contribution in [2.45, 2.75) is 31.7 Å². The lowest BCUT2D eigenvalue weighted by molar-refractivity contribution is -0.137. The summed E-state index contributed by atoms with van der Waals surface area (Å²) in [7, 11) is 1.65. The van der Waals surface area contributed by atoms with Crippen molar-refractivity contribution in [3.8, 4) is 11.8 Å². The number of alkyl halides is 3. The van der Waals surface area contributed by atoms with Gasteiger partial charge in [-0.3, -0.25) is 4.79 Å². The molecule has 0 aliphatic carbocycles. The fourth-order valence-electron chi connectivity index (χ4n) is 4.14. The molecule has 0 bridgehead atoms. The summed E-state index contributed by atoms with van der Waals surface area (Å²) in [4.78, 5) is 19.0. The van der Waals surface area contributed by atoms with Gasteiger partial charge in [-0.05, 0) is 43.3 Å². The average Bonchev–Trinajstić information content (AvgIpc) is 2.82. The fourth-order valence-corrected chi connectivity index (χ4v) is 4.14. The number of aryl methyl sites for hydroxylation is 1. The van der Waals surface area contributed by atoms with Gasteiger partial charge in [-0.25, -0.2) is 4.98 Å². The Morgan fingerprint density at radius 2 is 1.91 bits per heavy atom. The third-order valence-corrected chi connectivity index (χ3v) is 5.87. The standard InChI is InChI=1S/C24H23F3N4O3/c1-3-33-21-14-31(11-10-20(21)34-17-7-4-15(5-8-17)24(25,26)27)19-12-22(32)30(2)18-9-6-16(13-28)29-23(18)19/h4-9,12,20-21H,3,10-11,14H2,1-2H3/t20-,21-/m0/s1. The molecule has 3 heterocycles. The Labute approximate surface area is 194 Å². The van der Waals surface area contributed by atoms with Crippen LogP contribution in [0.4, 0.5) is 18.9 Å². The molecular weight excluding hydrogens is 449 g/mol. The van der Waals surface area contributed by atoms with E-state index in [-0.39, 0.29) is 23.5 Å². The number of anilines is 1. The summed E-state index contributed by atoms with van der Waals surface area (Å²) in [6.07, 6.45) is -4.67. The number of nitrogens with zero attached hydrogens (tertiary/aromatic N) is 4. The molecule has 34 heavy (non-hydrogen) atoms. The highest BCUT2D eigenvalue weighted by molar-refractivity contribution is 5.88. The number of piperidine rings is 1.